The Labute approximate surface area is 66.3 Å². The average Bonchev–Trinajstić information content (AvgIpc) is 2.32. The molecule has 1 aromatic heterocycles. The summed E-state index contributed by atoms with van der Waals surface area (Å²) in [7, 11) is 0. The molecule has 1 aromatic rings. The molecule has 0 amide bonds. The van der Waals surface area contributed by atoms with Crippen LogP contribution in [0.15, 0.2) is 17.1 Å². The first-order valence-electron chi connectivity index (χ1n) is 3.50. The molecule has 0 aromatic carbocycles. The van der Waals surface area contributed by atoms with Crippen LogP contribution in [0.25, 0.3) is 12.2 Å². The first kappa shape index (κ1) is 7.79. The topological polar surface area (TPSA) is 26.0 Å². The van der Waals surface area contributed by atoms with E-state index in [1.54, 1.807) is 6.08 Å². The summed E-state index contributed by atoms with van der Waals surface area (Å²) in [4.78, 5) is 4.11. The smallest absolute Gasteiger partial charge is 0.192 e. The Hall–Kier alpha value is -1.31. The molecule has 1 heterocycles. The number of hydrogen-bond donors (Lipinski definition) is 0. The zero-order chi connectivity index (χ0) is 8.27. The number of allylic oxidation sites excluding steroid dienone is 1. The van der Waals surface area contributed by atoms with Crippen molar-refractivity contribution < 1.29 is 4.42 Å². The van der Waals surface area contributed by atoms with Crippen molar-refractivity contribution in [3.05, 3.63) is 30.0 Å². The quantitative estimate of drug-likeness (QED) is 0.646. The highest BCUT2D eigenvalue weighted by Gasteiger charge is 2.02. The fraction of sp³-hybridized carbons (Fsp3) is 0.222. The third-order valence-corrected chi connectivity index (χ3v) is 1.30. The standard InChI is InChI=1S/C9H11NO/c1-4-6-9-8(5-2)10-7(3)11-9/h4-6H,2H2,1,3H3. The lowest BCUT2D eigenvalue weighted by Gasteiger charge is -1.83. The summed E-state index contributed by atoms with van der Waals surface area (Å²) in [6.45, 7) is 7.39. The van der Waals surface area contributed by atoms with Gasteiger partial charge in [-0.15, -0.1) is 0 Å². The predicted molar refractivity (Wildman–Crippen MR) is 46.0 cm³/mol. The van der Waals surface area contributed by atoms with Crippen LogP contribution in [-0.2, 0) is 0 Å². The Bertz CT molecular complexity index is 284. The van der Waals surface area contributed by atoms with Crippen LogP contribution < -0.4 is 0 Å². The van der Waals surface area contributed by atoms with Crippen LogP contribution in [0.3, 0.4) is 0 Å². The van der Waals surface area contributed by atoms with Crippen molar-refractivity contribution in [2.75, 3.05) is 0 Å². The van der Waals surface area contributed by atoms with Gasteiger partial charge < -0.3 is 4.42 Å². The summed E-state index contributed by atoms with van der Waals surface area (Å²) in [5.41, 5.74) is 0.806. The first-order chi connectivity index (χ1) is 5.27. The van der Waals surface area contributed by atoms with E-state index < -0.39 is 0 Å². The van der Waals surface area contributed by atoms with E-state index in [-0.39, 0.29) is 0 Å². The van der Waals surface area contributed by atoms with E-state index in [2.05, 4.69) is 11.6 Å². The van der Waals surface area contributed by atoms with Gasteiger partial charge >= 0.3 is 0 Å². The van der Waals surface area contributed by atoms with Crippen LogP contribution >= 0.6 is 0 Å². The summed E-state index contributed by atoms with van der Waals surface area (Å²) < 4.78 is 5.28. The lowest BCUT2D eigenvalue weighted by molar-refractivity contribution is 0.513. The maximum Gasteiger partial charge on any atom is 0.192 e. The van der Waals surface area contributed by atoms with Gasteiger partial charge in [0.15, 0.2) is 11.7 Å². The van der Waals surface area contributed by atoms with Crippen molar-refractivity contribution in [3.63, 3.8) is 0 Å². The Balaban J connectivity index is 3.11. The molecule has 0 fully saturated rings. The van der Waals surface area contributed by atoms with Crippen LogP contribution in [0.1, 0.15) is 24.3 Å². The second-order valence-electron chi connectivity index (χ2n) is 2.19. The van der Waals surface area contributed by atoms with Gasteiger partial charge in [-0.3, -0.25) is 0 Å². The van der Waals surface area contributed by atoms with Gasteiger partial charge in [0.25, 0.3) is 0 Å². The molecule has 0 aliphatic carbocycles. The molecule has 0 bridgehead atoms. The van der Waals surface area contributed by atoms with Crippen molar-refractivity contribution in [3.8, 4) is 0 Å². The molecule has 2 nitrogen and oxygen atoms in total. The lowest BCUT2D eigenvalue weighted by Crippen LogP contribution is -1.73. The molecule has 0 aliphatic heterocycles. The Kier molecular flexibility index (Phi) is 2.26. The zero-order valence-electron chi connectivity index (χ0n) is 6.79. The highest BCUT2D eigenvalue weighted by Crippen LogP contribution is 2.12. The van der Waals surface area contributed by atoms with Crippen LogP contribution in [-0.4, -0.2) is 4.98 Å². The number of rotatable bonds is 2. The summed E-state index contributed by atoms with van der Waals surface area (Å²) in [5.74, 6) is 1.45. The summed E-state index contributed by atoms with van der Waals surface area (Å²) in [6.07, 6.45) is 5.47. The van der Waals surface area contributed by atoms with Gasteiger partial charge in [-0.25, -0.2) is 4.98 Å². The number of hydrogen-bond acceptors (Lipinski definition) is 2. The molecule has 0 saturated heterocycles. The van der Waals surface area contributed by atoms with Crippen LogP contribution in [0.2, 0.25) is 0 Å². The average molecular weight is 149 g/mol. The molecular weight excluding hydrogens is 138 g/mol. The fourth-order valence-corrected chi connectivity index (χ4v) is 0.876. The maximum atomic E-state index is 5.28. The lowest BCUT2D eigenvalue weighted by atomic mass is 10.3. The van der Waals surface area contributed by atoms with E-state index in [1.807, 2.05) is 26.0 Å². The maximum absolute atomic E-state index is 5.28. The monoisotopic (exact) mass is 149 g/mol. The summed E-state index contributed by atoms with van der Waals surface area (Å²) >= 11 is 0. The van der Waals surface area contributed by atoms with Gasteiger partial charge in [0.2, 0.25) is 0 Å². The van der Waals surface area contributed by atoms with Gasteiger partial charge in [0.05, 0.1) is 0 Å². The van der Waals surface area contributed by atoms with Gasteiger partial charge in [0.1, 0.15) is 5.69 Å². The van der Waals surface area contributed by atoms with E-state index in [0.29, 0.717) is 5.89 Å². The molecule has 2 heteroatoms. The van der Waals surface area contributed by atoms with Gasteiger partial charge in [-0.1, -0.05) is 12.7 Å². The number of aryl methyl sites for hydroxylation is 1. The number of oxazole rings is 1. The minimum atomic E-state index is 0.674. The third kappa shape index (κ3) is 1.58. The van der Waals surface area contributed by atoms with Crippen LogP contribution in [0.4, 0.5) is 0 Å². The highest BCUT2D eigenvalue weighted by molar-refractivity contribution is 5.56. The van der Waals surface area contributed by atoms with Gasteiger partial charge in [-0.2, -0.15) is 0 Å². The minimum absolute atomic E-state index is 0.674. The Morgan fingerprint density at radius 3 is 2.82 bits per heavy atom. The molecule has 0 N–H and O–H groups in total. The van der Waals surface area contributed by atoms with Crippen molar-refractivity contribution in [1.82, 2.24) is 4.98 Å². The van der Waals surface area contributed by atoms with Crippen molar-refractivity contribution in [1.29, 1.82) is 0 Å². The molecule has 0 aliphatic rings. The highest BCUT2D eigenvalue weighted by atomic mass is 16.4. The zero-order valence-corrected chi connectivity index (χ0v) is 6.79. The molecule has 11 heavy (non-hydrogen) atoms. The van der Waals surface area contributed by atoms with E-state index in [9.17, 15) is 0 Å². The van der Waals surface area contributed by atoms with Crippen molar-refractivity contribution >= 4 is 12.2 Å². The molecular formula is C9H11NO. The van der Waals surface area contributed by atoms with Crippen molar-refractivity contribution in [2.45, 2.75) is 13.8 Å². The van der Waals surface area contributed by atoms with Gasteiger partial charge in [0, 0.05) is 6.92 Å². The number of aromatic nitrogens is 1. The first-order valence-corrected chi connectivity index (χ1v) is 3.50. The van der Waals surface area contributed by atoms with E-state index in [0.717, 1.165) is 11.5 Å². The second kappa shape index (κ2) is 3.19. The van der Waals surface area contributed by atoms with E-state index >= 15 is 0 Å². The largest absolute Gasteiger partial charge is 0.441 e. The SMILES string of the molecule is C=Cc1nc(C)oc1C=CC. The normalized spacial score (nSPS) is 10.7. The number of nitrogens with zero attached hydrogens (tertiary/aromatic N) is 1. The van der Waals surface area contributed by atoms with Gasteiger partial charge in [-0.05, 0) is 19.1 Å². The van der Waals surface area contributed by atoms with E-state index in [1.165, 1.54) is 0 Å². The molecule has 0 spiro atoms. The minimum Gasteiger partial charge on any atom is -0.441 e. The summed E-state index contributed by atoms with van der Waals surface area (Å²) in [5, 5.41) is 0. The fourth-order valence-electron chi connectivity index (χ4n) is 0.876. The molecule has 58 valence electrons. The van der Waals surface area contributed by atoms with E-state index in [4.69, 9.17) is 4.42 Å². The molecule has 0 unspecified atom stereocenters. The predicted octanol–water partition coefficient (Wildman–Crippen LogP) is 2.66. The third-order valence-electron chi connectivity index (χ3n) is 1.30. The molecule has 0 saturated carbocycles. The Morgan fingerprint density at radius 1 is 1.55 bits per heavy atom. The summed E-state index contributed by atoms with van der Waals surface area (Å²) in [6, 6.07) is 0. The Morgan fingerprint density at radius 2 is 2.27 bits per heavy atom. The van der Waals surface area contributed by atoms with Crippen LogP contribution in [0.5, 0.6) is 0 Å². The molecule has 0 radical (unpaired) electrons. The van der Waals surface area contributed by atoms with Crippen molar-refractivity contribution in [2.24, 2.45) is 0 Å². The molecule has 0 atom stereocenters. The van der Waals surface area contributed by atoms with Crippen LogP contribution in [0, 0.1) is 6.92 Å². The second-order valence-corrected chi connectivity index (χ2v) is 2.19. The molecule has 1 rings (SSSR count).